The van der Waals surface area contributed by atoms with Gasteiger partial charge in [0, 0.05) is 19.4 Å². The molecular formula is C31H34N2O7. The second kappa shape index (κ2) is 13.3. The van der Waals surface area contributed by atoms with Gasteiger partial charge in [0.2, 0.25) is 0 Å². The Hall–Kier alpha value is -4.18. The van der Waals surface area contributed by atoms with Crippen molar-refractivity contribution in [2.75, 3.05) is 27.9 Å². The van der Waals surface area contributed by atoms with Crippen LogP contribution in [-0.2, 0) is 15.1 Å². The first-order valence-electron chi connectivity index (χ1n) is 12.9. The number of H-pyrrole nitrogens is 1. The summed E-state index contributed by atoms with van der Waals surface area (Å²) in [5, 5.41) is 7.00. The number of methoxy groups -OCH3 is 2. The van der Waals surface area contributed by atoms with E-state index in [1.165, 1.54) is 16.8 Å². The third-order valence-corrected chi connectivity index (χ3v) is 6.91. The summed E-state index contributed by atoms with van der Waals surface area (Å²) in [7, 11) is 4.28. The highest BCUT2D eigenvalue weighted by molar-refractivity contribution is 5.49. The monoisotopic (exact) mass is 546 g/mol. The number of benzene rings is 3. The molecule has 5 rings (SSSR count). The van der Waals surface area contributed by atoms with E-state index in [2.05, 4.69) is 4.98 Å². The van der Waals surface area contributed by atoms with Crippen molar-refractivity contribution >= 4 is 0 Å². The number of aromatic nitrogens is 2. The molecule has 1 aliphatic heterocycles. The Bertz CT molecular complexity index is 1420. The van der Waals surface area contributed by atoms with Gasteiger partial charge in [0.15, 0.2) is 0 Å². The Labute approximate surface area is 232 Å². The minimum atomic E-state index is -0.948. The molecule has 210 valence electrons. The molecule has 40 heavy (non-hydrogen) atoms. The first-order chi connectivity index (χ1) is 19.5. The summed E-state index contributed by atoms with van der Waals surface area (Å²) in [5.74, 6) is 1.50. The molecule has 1 saturated heterocycles. The quantitative estimate of drug-likeness (QED) is 0.307. The summed E-state index contributed by atoms with van der Waals surface area (Å²) in [5.41, 5.74) is 0.953. The molecule has 1 fully saturated rings. The fourth-order valence-corrected chi connectivity index (χ4v) is 4.96. The van der Waals surface area contributed by atoms with E-state index < -0.39 is 23.1 Å². The van der Waals surface area contributed by atoms with E-state index in [0.717, 1.165) is 35.3 Å². The molecule has 1 aliphatic rings. The van der Waals surface area contributed by atoms with E-state index in [1.54, 1.807) is 14.2 Å². The molecular weight excluding hydrogens is 512 g/mol. The van der Waals surface area contributed by atoms with Crippen molar-refractivity contribution in [3.63, 3.8) is 0 Å². The molecule has 3 aromatic carbocycles. The summed E-state index contributed by atoms with van der Waals surface area (Å²) in [4.78, 5) is 26.1. The van der Waals surface area contributed by atoms with Crippen molar-refractivity contribution in [3.05, 3.63) is 129 Å². The highest BCUT2D eigenvalue weighted by Crippen LogP contribution is 2.42. The molecule has 9 heteroatoms. The van der Waals surface area contributed by atoms with Crippen LogP contribution in [0.2, 0.25) is 0 Å². The standard InChI is InChI=1S/C30H30N2O6.CH4O/c1-35-24-12-8-22(9-13-24)30(21-6-4-3-5-7-21,23-10-14-25(36-2)15-11-23)37-20-26-16-17-28(38-26)32-19-18-27(33)31-29(32)34;1-2/h3-15,18-19,26,28H,16-17,20H2,1-2H3,(H,31,33,34);2H,1H3. The highest BCUT2D eigenvalue weighted by Gasteiger charge is 2.39. The van der Waals surface area contributed by atoms with Crippen LogP contribution in [0, 0.1) is 0 Å². The Kier molecular flexibility index (Phi) is 9.55. The van der Waals surface area contributed by atoms with Gasteiger partial charge in [-0.05, 0) is 53.8 Å². The minimum Gasteiger partial charge on any atom is -0.497 e. The third kappa shape index (κ3) is 6.02. The molecule has 0 spiro atoms. The number of nitrogens with zero attached hydrogens (tertiary/aromatic N) is 1. The van der Waals surface area contributed by atoms with Gasteiger partial charge < -0.3 is 24.1 Å². The number of aliphatic hydroxyl groups is 1. The molecule has 2 heterocycles. The highest BCUT2D eigenvalue weighted by atomic mass is 16.6. The van der Waals surface area contributed by atoms with Crippen LogP contribution in [0.5, 0.6) is 11.5 Å². The first kappa shape index (κ1) is 28.8. The van der Waals surface area contributed by atoms with Crippen LogP contribution in [0.1, 0.15) is 35.8 Å². The summed E-state index contributed by atoms with van der Waals surface area (Å²) < 4.78 is 25.4. The van der Waals surface area contributed by atoms with E-state index in [4.69, 9.17) is 24.1 Å². The van der Waals surface area contributed by atoms with E-state index in [1.807, 2.05) is 78.9 Å². The zero-order chi connectivity index (χ0) is 28.5. The van der Waals surface area contributed by atoms with Gasteiger partial charge in [-0.3, -0.25) is 14.3 Å². The molecule has 0 aliphatic carbocycles. The number of aliphatic hydroxyl groups excluding tert-OH is 1. The predicted molar refractivity (Wildman–Crippen MR) is 151 cm³/mol. The second-order valence-electron chi connectivity index (χ2n) is 9.12. The van der Waals surface area contributed by atoms with Crippen LogP contribution < -0.4 is 20.7 Å². The smallest absolute Gasteiger partial charge is 0.330 e. The molecule has 0 bridgehead atoms. The van der Waals surface area contributed by atoms with E-state index in [-0.39, 0.29) is 12.7 Å². The van der Waals surface area contributed by atoms with Gasteiger partial charge in [-0.2, -0.15) is 0 Å². The van der Waals surface area contributed by atoms with E-state index in [0.29, 0.717) is 12.8 Å². The van der Waals surface area contributed by atoms with Gasteiger partial charge in [0.1, 0.15) is 23.3 Å². The Balaban J connectivity index is 0.00000181. The van der Waals surface area contributed by atoms with Crippen LogP contribution in [0.4, 0.5) is 0 Å². The van der Waals surface area contributed by atoms with E-state index >= 15 is 0 Å². The molecule has 2 N–H and O–H groups in total. The molecule has 0 saturated carbocycles. The van der Waals surface area contributed by atoms with Crippen molar-refractivity contribution in [2.45, 2.75) is 30.8 Å². The molecule has 1 aromatic heterocycles. The zero-order valence-corrected chi connectivity index (χ0v) is 22.8. The number of hydrogen-bond donors (Lipinski definition) is 2. The van der Waals surface area contributed by atoms with Crippen molar-refractivity contribution in [3.8, 4) is 11.5 Å². The number of hydrogen-bond acceptors (Lipinski definition) is 7. The van der Waals surface area contributed by atoms with Crippen molar-refractivity contribution in [1.29, 1.82) is 0 Å². The van der Waals surface area contributed by atoms with Gasteiger partial charge in [0.05, 0.1) is 26.9 Å². The lowest BCUT2D eigenvalue weighted by molar-refractivity contribution is -0.0774. The summed E-state index contributed by atoms with van der Waals surface area (Å²) in [6.07, 6.45) is 2.08. The maximum Gasteiger partial charge on any atom is 0.330 e. The predicted octanol–water partition coefficient (Wildman–Crippen LogP) is 3.85. The lowest BCUT2D eigenvalue weighted by Gasteiger charge is -2.37. The fraction of sp³-hybridized carbons (Fsp3) is 0.290. The first-order valence-corrected chi connectivity index (χ1v) is 12.9. The maximum absolute atomic E-state index is 12.3. The maximum atomic E-state index is 12.3. The third-order valence-electron chi connectivity index (χ3n) is 6.91. The summed E-state index contributed by atoms with van der Waals surface area (Å²) >= 11 is 0. The minimum absolute atomic E-state index is 0.251. The Morgan fingerprint density at radius 3 is 1.90 bits per heavy atom. The largest absolute Gasteiger partial charge is 0.497 e. The molecule has 9 nitrogen and oxygen atoms in total. The van der Waals surface area contributed by atoms with Crippen molar-refractivity contribution in [1.82, 2.24) is 9.55 Å². The fourth-order valence-electron chi connectivity index (χ4n) is 4.96. The topological polar surface area (TPSA) is 112 Å². The van der Waals surface area contributed by atoms with Gasteiger partial charge in [0.25, 0.3) is 5.56 Å². The van der Waals surface area contributed by atoms with Crippen molar-refractivity contribution < 1.29 is 24.1 Å². The zero-order valence-electron chi connectivity index (χ0n) is 22.8. The Morgan fingerprint density at radius 2 is 1.38 bits per heavy atom. The number of ether oxygens (including phenoxy) is 4. The lowest BCUT2D eigenvalue weighted by Crippen LogP contribution is -2.36. The van der Waals surface area contributed by atoms with Gasteiger partial charge >= 0.3 is 5.69 Å². The molecule has 0 radical (unpaired) electrons. The van der Waals surface area contributed by atoms with Crippen LogP contribution in [0.15, 0.2) is 101 Å². The van der Waals surface area contributed by atoms with Crippen LogP contribution in [0.3, 0.4) is 0 Å². The summed E-state index contributed by atoms with van der Waals surface area (Å²) in [6, 6.07) is 27.1. The molecule has 0 amide bonds. The molecule has 2 atom stereocenters. The van der Waals surface area contributed by atoms with Crippen LogP contribution >= 0.6 is 0 Å². The van der Waals surface area contributed by atoms with Crippen LogP contribution in [-0.4, -0.2) is 48.7 Å². The Morgan fingerprint density at radius 1 is 0.825 bits per heavy atom. The normalized spacial score (nSPS) is 16.6. The SMILES string of the molecule is CO.COc1ccc(C(OCC2CCC(n3ccc(=O)[nH]c3=O)O2)(c2ccccc2)c2ccc(OC)cc2)cc1. The molecule has 2 unspecified atom stereocenters. The number of rotatable bonds is 9. The average Bonchev–Trinajstić information content (AvgIpc) is 3.48. The second-order valence-corrected chi connectivity index (χ2v) is 9.12. The van der Waals surface area contributed by atoms with Crippen molar-refractivity contribution in [2.24, 2.45) is 0 Å². The van der Waals surface area contributed by atoms with Gasteiger partial charge in [-0.1, -0.05) is 54.6 Å². The van der Waals surface area contributed by atoms with Gasteiger partial charge in [-0.15, -0.1) is 0 Å². The van der Waals surface area contributed by atoms with Crippen LogP contribution in [0.25, 0.3) is 0 Å². The molecule has 4 aromatic rings. The van der Waals surface area contributed by atoms with E-state index in [9.17, 15) is 9.59 Å². The number of nitrogens with one attached hydrogen (secondary N) is 1. The average molecular weight is 547 g/mol. The lowest BCUT2D eigenvalue weighted by atomic mass is 9.80. The summed E-state index contributed by atoms with van der Waals surface area (Å²) in [6.45, 7) is 0.279. The number of aromatic amines is 1. The van der Waals surface area contributed by atoms with Gasteiger partial charge in [-0.25, -0.2) is 4.79 Å².